The number of rotatable bonds is 4. The van der Waals surface area contributed by atoms with Gasteiger partial charge in [0.05, 0.1) is 12.7 Å². The molecule has 0 aliphatic heterocycles. The summed E-state index contributed by atoms with van der Waals surface area (Å²) < 4.78 is 18.5. The van der Waals surface area contributed by atoms with Gasteiger partial charge in [-0.25, -0.2) is 9.37 Å². The number of amides is 1. The molecule has 6 heteroatoms. The van der Waals surface area contributed by atoms with E-state index in [1.54, 1.807) is 18.3 Å². The second-order valence-electron chi connectivity index (χ2n) is 4.13. The highest BCUT2D eigenvalue weighted by molar-refractivity contribution is 5.94. The molecule has 0 aliphatic carbocycles. The first-order valence-corrected chi connectivity index (χ1v) is 5.92. The van der Waals surface area contributed by atoms with Gasteiger partial charge in [0.25, 0.3) is 5.91 Å². The van der Waals surface area contributed by atoms with Crippen LogP contribution in [0.1, 0.15) is 15.9 Å². The molecule has 0 saturated carbocycles. The lowest BCUT2D eigenvalue weighted by Crippen LogP contribution is -2.24. The molecule has 0 fully saturated rings. The molecule has 0 saturated heterocycles. The Kier molecular flexibility index (Phi) is 4.14. The van der Waals surface area contributed by atoms with E-state index in [2.05, 4.69) is 10.3 Å². The van der Waals surface area contributed by atoms with Gasteiger partial charge in [0.2, 0.25) is 5.88 Å². The Morgan fingerprint density at radius 3 is 2.80 bits per heavy atom. The molecule has 20 heavy (non-hydrogen) atoms. The molecular formula is C14H14FN3O2. The van der Waals surface area contributed by atoms with Crippen LogP contribution in [0.3, 0.4) is 0 Å². The second-order valence-corrected chi connectivity index (χ2v) is 4.13. The minimum atomic E-state index is -0.643. The first kappa shape index (κ1) is 13.8. The number of carbonyl (C=O) groups excluding carboxylic acids is 1. The van der Waals surface area contributed by atoms with Gasteiger partial charge in [-0.15, -0.1) is 0 Å². The largest absolute Gasteiger partial charge is 0.481 e. The van der Waals surface area contributed by atoms with Crippen molar-refractivity contribution in [2.75, 3.05) is 12.8 Å². The third-order valence-corrected chi connectivity index (χ3v) is 2.70. The lowest BCUT2D eigenvalue weighted by atomic mass is 10.1. The van der Waals surface area contributed by atoms with E-state index in [1.165, 1.54) is 19.2 Å². The Hall–Kier alpha value is -2.63. The molecule has 5 nitrogen and oxygen atoms in total. The highest BCUT2D eigenvalue weighted by atomic mass is 19.1. The van der Waals surface area contributed by atoms with Crippen molar-refractivity contribution >= 4 is 11.6 Å². The molecule has 0 radical (unpaired) electrons. The number of pyridine rings is 1. The number of anilines is 1. The first-order chi connectivity index (χ1) is 9.60. The zero-order valence-corrected chi connectivity index (χ0v) is 10.9. The molecule has 2 rings (SSSR count). The van der Waals surface area contributed by atoms with Crippen molar-refractivity contribution in [3.63, 3.8) is 0 Å². The van der Waals surface area contributed by atoms with Crippen LogP contribution in [0.25, 0.3) is 0 Å². The number of nitrogens with one attached hydrogen (secondary N) is 1. The van der Waals surface area contributed by atoms with Gasteiger partial charge in [0, 0.05) is 24.5 Å². The normalized spacial score (nSPS) is 10.1. The maximum absolute atomic E-state index is 13.6. The van der Waals surface area contributed by atoms with Crippen molar-refractivity contribution in [3.05, 3.63) is 53.5 Å². The van der Waals surface area contributed by atoms with E-state index in [9.17, 15) is 9.18 Å². The van der Waals surface area contributed by atoms with Crippen LogP contribution in [0.4, 0.5) is 10.1 Å². The van der Waals surface area contributed by atoms with E-state index < -0.39 is 11.7 Å². The van der Waals surface area contributed by atoms with Gasteiger partial charge < -0.3 is 15.8 Å². The Balaban J connectivity index is 2.00. The number of carbonyl (C=O) groups is 1. The fourth-order valence-corrected chi connectivity index (χ4v) is 1.63. The number of benzene rings is 1. The predicted octanol–water partition coefficient (Wildman–Crippen LogP) is 1.74. The van der Waals surface area contributed by atoms with Crippen LogP contribution in [-0.4, -0.2) is 18.0 Å². The maximum Gasteiger partial charge on any atom is 0.254 e. The zero-order chi connectivity index (χ0) is 14.5. The van der Waals surface area contributed by atoms with Crippen LogP contribution < -0.4 is 15.8 Å². The quantitative estimate of drug-likeness (QED) is 0.833. The van der Waals surface area contributed by atoms with E-state index in [0.717, 1.165) is 11.6 Å². The lowest BCUT2D eigenvalue weighted by molar-refractivity contribution is 0.0947. The van der Waals surface area contributed by atoms with E-state index in [4.69, 9.17) is 10.5 Å². The monoisotopic (exact) mass is 275 g/mol. The van der Waals surface area contributed by atoms with Gasteiger partial charge in [0.1, 0.15) is 5.82 Å². The predicted molar refractivity (Wildman–Crippen MR) is 72.8 cm³/mol. The SMILES string of the molecule is COc1ccc(CNC(=O)c2ccc(N)cc2F)cn1. The molecule has 1 heterocycles. The molecule has 0 bridgehead atoms. The van der Waals surface area contributed by atoms with Crippen LogP contribution in [0, 0.1) is 5.82 Å². The number of ether oxygens (including phenoxy) is 1. The van der Waals surface area contributed by atoms with E-state index in [1.807, 2.05) is 0 Å². The highest BCUT2D eigenvalue weighted by Crippen LogP contribution is 2.12. The molecule has 1 aromatic heterocycles. The van der Waals surface area contributed by atoms with Crippen LogP contribution >= 0.6 is 0 Å². The van der Waals surface area contributed by atoms with Crippen LogP contribution in [0.5, 0.6) is 5.88 Å². The summed E-state index contributed by atoms with van der Waals surface area (Å²) in [5.41, 5.74) is 6.45. The van der Waals surface area contributed by atoms with Gasteiger partial charge in [0.15, 0.2) is 0 Å². The molecule has 0 unspecified atom stereocenters. The minimum Gasteiger partial charge on any atom is -0.481 e. The van der Waals surface area contributed by atoms with Gasteiger partial charge in [-0.3, -0.25) is 4.79 Å². The zero-order valence-electron chi connectivity index (χ0n) is 10.9. The molecule has 2 aromatic rings. The number of aromatic nitrogens is 1. The standard InChI is InChI=1S/C14H14FN3O2/c1-20-13-5-2-9(7-17-13)8-18-14(19)11-4-3-10(16)6-12(11)15/h2-7H,8,16H2,1H3,(H,18,19). The summed E-state index contributed by atoms with van der Waals surface area (Å²) >= 11 is 0. The van der Waals surface area contributed by atoms with E-state index >= 15 is 0 Å². The Morgan fingerprint density at radius 1 is 1.40 bits per heavy atom. The van der Waals surface area contributed by atoms with Gasteiger partial charge in [-0.05, 0) is 23.8 Å². The van der Waals surface area contributed by atoms with Gasteiger partial charge >= 0.3 is 0 Å². The third kappa shape index (κ3) is 3.23. The summed E-state index contributed by atoms with van der Waals surface area (Å²) in [6.07, 6.45) is 1.58. The van der Waals surface area contributed by atoms with Gasteiger partial charge in [-0.2, -0.15) is 0 Å². The minimum absolute atomic E-state index is 0.0410. The average Bonchev–Trinajstić information content (AvgIpc) is 2.45. The van der Waals surface area contributed by atoms with Crippen molar-refractivity contribution in [1.82, 2.24) is 10.3 Å². The number of nitrogens with two attached hydrogens (primary N) is 1. The average molecular weight is 275 g/mol. The highest BCUT2D eigenvalue weighted by Gasteiger charge is 2.11. The Labute approximate surface area is 115 Å². The lowest BCUT2D eigenvalue weighted by Gasteiger charge is -2.07. The van der Waals surface area contributed by atoms with Crippen molar-refractivity contribution < 1.29 is 13.9 Å². The topological polar surface area (TPSA) is 77.2 Å². The fourth-order valence-electron chi connectivity index (χ4n) is 1.63. The van der Waals surface area contributed by atoms with Crippen molar-refractivity contribution in [1.29, 1.82) is 0 Å². The third-order valence-electron chi connectivity index (χ3n) is 2.70. The smallest absolute Gasteiger partial charge is 0.254 e. The Bertz CT molecular complexity index is 614. The fraction of sp³-hybridized carbons (Fsp3) is 0.143. The summed E-state index contributed by atoms with van der Waals surface area (Å²) in [5.74, 6) is -0.654. The number of nitrogen functional groups attached to an aromatic ring is 1. The number of nitrogens with zero attached hydrogens (tertiary/aromatic N) is 1. The molecule has 3 N–H and O–H groups in total. The van der Waals surface area contributed by atoms with Crippen molar-refractivity contribution in [2.45, 2.75) is 6.54 Å². The van der Waals surface area contributed by atoms with Crippen LogP contribution in [0.15, 0.2) is 36.5 Å². The summed E-state index contributed by atoms with van der Waals surface area (Å²) in [4.78, 5) is 15.8. The molecule has 0 spiro atoms. The second kappa shape index (κ2) is 6.01. The summed E-state index contributed by atoms with van der Waals surface area (Å²) in [5, 5.41) is 2.61. The summed E-state index contributed by atoms with van der Waals surface area (Å²) in [6, 6.07) is 7.40. The van der Waals surface area contributed by atoms with Crippen molar-refractivity contribution in [2.24, 2.45) is 0 Å². The summed E-state index contributed by atoms with van der Waals surface area (Å²) in [6.45, 7) is 0.250. The molecular weight excluding hydrogens is 261 g/mol. The molecule has 0 aliphatic rings. The first-order valence-electron chi connectivity index (χ1n) is 5.92. The molecule has 1 amide bonds. The number of hydrogen-bond acceptors (Lipinski definition) is 4. The van der Waals surface area contributed by atoms with Crippen molar-refractivity contribution in [3.8, 4) is 5.88 Å². The number of methoxy groups -OCH3 is 1. The molecule has 1 aromatic carbocycles. The van der Waals surface area contributed by atoms with E-state index in [-0.39, 0.29) is 17.8 Å². The van der Waals surface area contributed by atoms with Crippen LogP contribution in [-0.2, 0) is 6.54 Å². The molecule has 0 atom stereocenters. The van der Waals surface area contributed by atoms with E-state index in [0.29, 0.717) is 5.88 Å². The summed E-state index contributed by atoms with van der Waals surface area (Å²) in [7, 11) is 1.52. The maximum atomic E-state index is 13.6. The van der Waals surface area contributed by atoms with Gasteiger partial charge in [-0.1, -0.05) is 6.07 Å². The Morgan fingerprint density at radius 2 is 2.20 bits per heavy atom. The van der Waals surface area contributed by atoms with Crippen LogP contribution in [0.2, 0.25) is 0 Å². The molecule has 104 valence electrons. The number of hydrogen-bond donors (Lipinski definition) is 2. The number of halogens is 1.